The lowest BCUT2D eigenvalue weighted by atomic mass is 9.90. The maximum Gasteiger partial charge on any atom is 0.410 e. The highest BCUT2D eigenvalue weighted by Crippen LogP contribution is 2.44. The van der Waals surface area contributed by atoms with E-state index in [2.05, 4.69) is 14.6 Å². The Morgan fingerprint density at radius 2 is 1.90 bits per heavy atom. The quantitative estimate of drug-likeness (QED) is 0.467. The van der Waals surface area contributed by atoms with Crippen LogP contribution < -0.4 is 4.72 Å². The van der Waals surface area contributed by atoms with Crippen molar-refractivity contribution in [2.45, 2.75) is 38.5 Å². The Bertz CT molecular complexity index is 1590. The van der Waals surface area contributed by atoms with Gasteiger partial charge in [-0.1, -0.05) is 23.7 Å². The zero-order valence-electron chi connectivity index (χ0n) is 23.8. The highest BCUT2D eigenvalue weighted by molar-refractivity contribution is 7.88. The molecule has 3 heterocycles. The molecule has 0 saturated carbocycles. The van der Waals surface area contributed by atoms with Crippen LogP contribution in [0.15, 0.2) is 49.1 Å². The van der Waals surface area contributed by atoms with Gasteiger partial charge in [0.05, 0.1) is 42.3 Å². The summed E-state index contributed by atoms with van der Waals surface area (Å²) in [7, 11) is -1.79. The maximum atomic E-state index is 12.7. The van der Waals surface area contributed by atoms with Crippen LogP contribution in [0.5, 0.6) is 0 Å². The molecule has 0 radical (unpaired) electrons. The number of carbonyl (C=O) groups excluding carboxylic acids is 1. The van der Waals surface area contributed by atoms with Gasteiger partial charge in [-0.05, 0) is 67.3 Å². The summed E-state index contributed by atoms with van der Waals surface area (Å²) in [6.45, 7) is 7.79. The van der Waals surface area contributed by atoms with Gasteiger partial charge >= 0.3 is 6.09 Å². The number of imidazole rings is 1. The van der Waals surface area contributed by atoms with E-state index in [1.807, 2.05) is 64.2 Å². The van der Waals surface area contributed by atoms with Crippen molar-refractivity contribution in [3.05, 3.63) is 82.2 Å². The smallest absolute Gasteiger partial charge is 0.410 e. The van der Waals surface area contributed by atoms with Gasteiger partial charge in [0, 0.05) is 44.4 Å². The molecule has 10 nitrogen and oxygen atoms in total. The Morgan fingerprint density at radius 1 is 1.17 bits per heavy atom. The second-order valence-electron chi connectivity index (χ2n) is 11.5. The van der Waals surface area contributed by atoms with Crippen LogP contribution in [0.3, 0.4) is 0 Å². The number of benzene rings is 1. The molecule has 1 saturated heterocycles. The molecular formula is C29H35ClN6O4S. The molecule has 1 aliphatic heterocycles. The van der Waals surface area contributed by atoms with Crippen LogP contribution in [0.4, 0.5) is 4.79 Å². The zero-order valence-corrected chi connectivity index (χ0v) is 25.4. The van der Waals surface area contributed by atoms with Crippen molar-refractivity contribution in [1.82, 2.24) is 29.1 Å². The summed E-state index contributed by atoms with van der Waals surface area (Å²) < 4.78 is 35.5. The molecule has 1 N–H and O–H groups in total. The number of aromatic nitrogens is 3. The topological polar surface area (TPSA) is 110 Å². The largest absolute Gasteiger partial charge is 0.444 e. The average molecular weight is 599 g/mol. The minimum absolute atomic E-state index is 0.251. The van der Waals surface area contributed by atoms with Crippen LogP contribution in [0.1, 0.15) is 60.9 Å². The fourth-order valence-electron chi connectivity index (χ4n) is 5.43. The number of nitrogens with zero attached hydrogens (tertiary/aromatic N) is 5. The molecule has 1 fully saturated rings. The first-order valence-corrected chi connectivity index (χ1v) is 15.7. The molecule has 1 amide bonds. The summed E-state index contributed by atoms with van der Waals surface area (Å²) in [6, 6.07) is 8.59. The number of ether oxygens (including phenoxy) is 1. The third-order valence-corrected chi connectivity index (χ3v) is 8.08. The minimum Gasteiger partial charge on any atom is -0.444 e. The van der Waals surface area contributed by atoms with Crippen LogP contribution in [0.25, 0.3) is 11.6 Å². The number of sulfonamides is 1. The van der Waals surface area contributed by atoms with Crippen LogP contribution in [-0.4, -0.2) is 76.9 Å². The van der Waals surface area contributed by atoms with Crippen molar-refractivity contribution in [2.75, 3.05) is 32.4 Å². The van der Waals surface area contributed by atoms with Gasteiger partial charge < -0.3 is 14.2 Å². The van der Waals surface area contributed by atoms with Crippen LogP contribution in [-0.2, 0) is 21.8 Å². The van der Waals surface area contributed by atoms with E-state index in [0.29, 0.717) is 36.9 Å². The molecule has 2 atom stereocenters. The Labute approximate surface area is 246 Å². The van der Waals surface area contributed by atoms with E-state index in [9.17, 15) is 13.2 Å². The van der Waals surface area contributed by atoms with Crippen LogP contribution >= 0.6 is 11.6 Å². The predicted octanol–water partition coefficient (Wildman–Crippen LogP) is 4.26. The second kappa shape index (κ2) is 11.2. The number of amides is 1. The van der Waals surface area contributed by atoms with Crippen molar-refractivity contribution in [2.24, 2.45) is 7.05 Å². The first kappa shape index (κ1) is 29.2. The molecule has 0 unspecified atom stereocenters. The average Bonchev–Trinajstić information content (AvgIpc) is 3.26. The third kappa shape index (κ3) is 6.48. The number of hydrogen-bond donors (Lipinski definition) is 1. The lowest BCUT2D eigenvalue weighted by Gasteiger charge is -2.40. The molecule has 41 heavy (non-hydrogen) atoms. The van der Waals surface area contributed by atoms with E-state index in [1.165, 1.54) is 0 Å². The Balaban J connectivity index is 1.60. The van der Waals surface area contributed by atoms with Crippen molar-refractivity contribution < 1.29 is 17.9 Å². The fourth-order valence-corrected chi connectivity index (χ4v) is 6.28. The summed E-state index contributed by atoms with van der Waals surface area (Å²) >= 11 is 6.57. The first-order chi connectivity index (χ1) is 19.3. The molecule has 0 bridgehead atoms. The first-order valence-electron chi connectivity index (χ1n) is 13.4. The Kier molecular flexibility index (Phi) is 7.99. The monoisotopic (exact) mass is 598 g/mol. The SMILES string of the molecule is Cn1cncc1[C@H](NS(C)(=O)=O)C1=Cc2cccnc2[C@@H](N2CCN(C(=O)OC(C)(C)C)CC2)c2ccc(Cl)cc21. The molecule has 3 aromatic rings. The van der Waals surface area contributed by atoms with Gasteiger partial charge in [0.2, 0.25) is 10.0 Å². The number of pyridine rings is 1. The lowest BCUT2D eigenvalue weighted by Crippen LogP contribution is -2.51. The summed E-state index contributed by atoms with van der Waals surface area (Å²) in [5.41, 5.74) is 4.34. The normalized spacial score (nSPS) is 18.6. The van der Waals surface area contributed by atoms with Crippen molar-refractivity contribution >= 4 is 39.4 Å². The van der Waals surface area contributed by atoms with E-state index < -0.39 is 21.7 Å². The lowest BCUT2D eigenvalue weighted by molar-refractivity contribution is 0.0118. The fraction of sp³-hybridized carbons (Fsp3) is 0.414. The number of rotatable bonds is 5. The number of fused-ring (bicyclic) bond motifs is 2. The van der Waals surface area contributed by atoms with Gasteiger partial charge in [-0.15, -0.1) is 0 Å². The summed E-state index contributed by atoms with van der Waals surface area (Å²) in [4.78, 5) is 25.9. The molecule has 1 aromatic carbocycles. The van der Waals surface area contributed by atoms with E-state index in [0.717, 1.165) is 34.2 Å². The van der Waals surface area contributed by atoms with E-state index in [4.69, 9.17) is 21.3 Å². The van der Waals surface area contributed by atoms with Crippen LogP contribution in [0.2, 0.25) is 5.02 Å². The number of hydrogen-bond acceptors (Lipinski definition) is 7. The summed E-state index contributed by atoms with van der Waals surface area (Å²) in [6.07, 6.45) is 7.89. The van der Waals surface area contributed by atoms with Crippen molar-refractivity contribution in [1.29, 1.82) is 0 Å². The van der Waals surface area contributed by atoms with Gasteiger partial charge in [0.1, 0.15) is 5.60 Å². The molecule has 2 aliphatic rings. The number of aryl methyl sites for hydroxylation is 1. The summed E-state index contributed by atoms with van der Waals surface area (Å²) in [5, 5.41) is 0.533. The van der Waals surface area contributed by atoms with Crippen molar-refractivity contribution in [3.8, 4) is 0 Å². The molecule has 5 rings (SSSR count). The van der Waals surface area contributed by atoms with Gasteiger partial charge in [0.15, 0.2) is 0 Å². The zero-order chi connectivity index (χ0) is 29.5. The van der Waals surface area contributed by atoms with E-state index in [1.54, 1.807) is 28.2 Å². The molecule has 0 spiro atoms. The molecule has 2 aromatic heterocycles. The number of carbonyl (C=O) groups is 1. The highest BCUT2D eigenvalue weighted by Gasteiger charge is 2.36. The van der Waals surface area contributed by atoms with Crippen LogP contribution in [0, 0.1) is 0 Å². The van der Waals surface area contributed by atoms with Gasteiger partial charge in [-0.2, -0.15) is 0 Å². The summed E-state index contributed by atoms with van der Waals surface area (Å²) in [5.74, 6) is 0. The number of nitrogens with one attached hydrogen (secondary N) is 1. The molecule has 1 aliphatic carbocycles. The molecule has 12 heteroatoms. The van der Waals surface area contributed by atoms with Gasteiger partial charge in [-0.3, -0.25) is 9.88 Å². The highest BCUT2D eigenvalue weighted by atomic mass is 35.5. The molecular weight excluding hydrogens is 564 g/mol. The van der Waals surface area contributed by atoms with Gasteiger partial charge in [-0.25, -0.2) is 22.9 Å². The maximum absolute atomic E-state index is 12.7. The standard InChI is InChI=1S/C29H35ClN6O4S/c1-29(2,3)40-28(37)36-13-11-35(12-14-36)27-21-9-8-20(30)16-22(21)23(15-19-7-6-10-32-25(19)27)26(33-41(5,38)39)24-17-31-18-34(24)4/h6-10,15-18,26-27,33H,11-14H2,1-5H3/t26-,27+/m1/s1. The Hall–Kier alpha value is -3.25. The number of piperazine rings is 1. The minimum atomic E-state index is -3.62. The number of halogens is 1. The van der Waals surface area contributed by atoms with Gasteiger partial charge in [0.25, 0.3) is 0 Å². The Morgan fingerprint density at radius 3 is 2.54 bits per heavy atom. The third-order valence-electron chi connectivity index (χ3n) is 7.19. The second-order valence-corrected chi connectivity index (χ2v) is 13.7. The molecule has 218 valence electrons. The van der Waals surface area contributed by atoms with E-state index >= 15 is 0 Å². The van der Waals surface area contributed by atoms with E-state index in [-0.39, 0.29) is 12.1 Å². The predicted molar refractivity (Wildman–Crippen MR) is 159 cm³/mol. The van der Waals surface area contributed by atoms with Crippen molar-refractivity contribution in [3.63, 3.8) is 0 Å².